The molecule has 1 aliphatic heterocycles. The number of nitrogens with zero attached hydrogens (tertiary/aromatic N) is 1. The first-order valence-electron chi connectivity index (χ1n) is 7.42. The fraction of sp³-hybridized carbons (Fsp3) is 0.562. The largest absolute Gasteiger partial charge is 0.318 e. The molecule has 1 aromatic carbocycles. The van der Waals surface area contributed by atoms with Gasteiger partial charge in [-0.25, -0.2) is 4.39 Å². The predicted octanol–water partition coefficient (Wildman–Crippen LogP) is 2.83. The number of rotatable bonds is 3. The van der Waals surface area contributed by atoms with Gasteiger partial charge in [-0.2, -0.15) is 0 Å². The molecule has 3 rings (SSSR count). The van der Waals surface area contributed by atoms with Crippen molar-refractivity contribution in [3.63, 3.8) is 0 Å². The SMILES string of the molecule is CC(C)C1NC(c2ccccc2F)N(C2CCC2)C1=O. The Bertz CT molecular complexity index is 513. The lowest BCUT2D eigenvalue weighted by Crippen LogP contribution is -2.44. The first-order chi connectivity index (χ1) is 9.59. The highest BCUT2D eigenvalue weighted by atomic mass is 19.1. The molecule has 0 bridgehead atoms. The zero-order valence-corrected chi connectivity index (χ0v) is 12.0. The normalized spacial score (nSPS) is 27.2. The molecule has 2 aliphatic rings. The van der Waals surface area contributed by atoms with Crippen LogP contribution in [0.3, 0.4) is 0 Å². The maximum atomic E-state index is 14.1. The van der Waals surface area contributed by atoms with E-state index in [9.17, 15) is 9.18 Å². The van der Waals surface area contributed by atoms with Crippen LogP contribution in [0, 0.1) is 11.7 Å². The molecular formula is C16H21FN2O. The van der Waals surface area contributed by atoms with Crippen LogP contribution in [0.5, 0.6) is 0 Å². The third kappa shape index (κ3) is 2.12. The fourth-order valence-corrected chi connectivity index (χ4v) is 3.08. The van der Waals surface area contributed by atoms with Gasteiger partial charge in [-0.1, -0.05) is 32.0 Å². The molecular weight excluding hydrogens is 255 g/mol. The average molecular weight is 276 g/mol. The van der Waals surface area contributed by atoms with Crippen LogP contribution in [0.2, 0.25) is 0 Å². The van der Waals surface area contributed by atoms with Crippen molar-refractivity contribution in [2.75, 3.05) is 0 Å². The number of hydrogen-bond donors (Lipinski definition) is 1. The summed E-state index contributed by atoms with van der Waals surface area (Å²) >= 11 is 0. The zero-order chi connectivity index (χ0) is 14.3. The topological polar surface area (TPSA) is 32.3 Å². The molecule has 1 saturated heterocycles. The Labute approximate surface area is 119 Å². The summed E-state index contributed by atoms with van der Waals surface area (Å²) in [5.74, 6) is 0.0892. The van der Waals surface area contributed by atoms with Crippen molar-refractivity contribution < 1.29 is 9.18 Å². The Morgan fingerprint density at radius 2 is 2.00 bits per heavy atom. The van der Waals surface area contributed by atoms with Crippen LogP contribution in [0.15, 0.2) is 24.3 Å². The van der Waals surface area contributed by atoms with E-state index in [-0.39, 0.29) is 35.9 Å². The van der Waals surface area contributed by atoms with Gasteiger partial charge >= 0.3 is 0 Å². The third-order valence-corrected chi connectivity index (χ3v) is 4.47. The van der Waals surface area contributed by atoms with Gasteiger partial charge < -0.3 is 4.90 Å². The first kappa shape index (κ1) is 13.6. The van der Waals surface area contributed by atoms with Crippen molar-refractivity contribution in [1.29, 1.82) is 0 Å². The lowest BCUT2D eigenvalue weighted by atomic mass is 9.90. The predicted molar refractivity (Wildman–Crippen MR) is 75.4 cm³/mol. The van der Waals surface area contributed by atoms with Crippen LogP contribution < -0.4 is 5.32 Å². The number of hydrogen-bond acceptors (Lipinski definition) is 2. The van der Waals surface area contributed by atoms with Gasteiger partial charge in [-0.05, 0) is 31.2 Å². The summed E-state index contributed by atoms with van der Waals surface area (Å²) in [6, 6.07) is 6.80. The number of carbonyl (C=O) groups is 1. The lowest BCUT2D eigenvalue weighted by molar-refractivity contribution is -0.134. The molecule has 0 radical (unpaired) electrons. The van der Waals surface area contributed by atoms with Crippen molar-refractivity contribution in [2.24, 2.45) is 5.92 Å². The molecule has 2 fully saturated rings. The summed E-state index contributed by atoms with van der Waals surface area (Å²) in [5, 5.41) is 3.33. The molecule has 1 aliphatic carbocycles. The summed E-state index contributed by atoms with van der Waals surface area (Å²) in [6.45, 7) is 4.05. The Balaban J connectivity index is 1.95. The average Bonchev–Trinajstić information content (AvgIpc) is 2.67. The minimum atomic E-state index is -0.318. The van der Waals surface area contributed by atoms with E-state index in [4.69, 9.17) is 0 Å². The zero-order valence-electron chi connectivity index (χ0n) is 12.0. The summed E-state index contributed by atoms with van der Waals surface area (Å²) in [5.41, 5.74) is 0.580. The van der Waals surface area contributed by atoms with Gasteiger partial charge in [0.2, 0.25) is 5.91 Å². The smallest absolute Gasteiger partial charge is 0.241 e. The number of amides is 1. The van der Waals surface area contributed by atoms with Crippen LogP contribution in [0.25, 0.3) is 0 Å². The minimum Gasteiger partial charge on any atom is -0.318 e. The first-order valence-corrected chi connectivity index (χ1v) is 7.42. The van der Waals surface area contributed by atoms with Crippen LogP contribution >= 0.6 is 0 Å². The molecule has 4 heteroatoms. The van der Waals surface area contributed by atoms with Gasteiger partial charge in [0.15, 0.2) is 0 Å². The lowest BCUT2D eigenvalue weighted by Gasteiger charge is -2.38. The molecule has 20 heavy (non-hydrogen) atoms. The summed E-state index contributed by atoms with van der Waals surface area (Å²) < 4.78 is 14.1. The molecule has 0 spiro atoms. The quantitative estimate of drug-likeness (QED) is 0.920. The fourth-order valence-electron chi connectivity index (χ4n) is 3.08. The molecule has 1 heterocycles. The van der Waals surface area contributed by atoms with Crippen LogP contribution in [0.4, 0.5) is 4.39 Å². The molecule has 0 aromatic heterocycles. The standard InChI is InChI=1S/C16H21FN2O/c1-10(2)14-16(20)19(11-6-5-7-11)15(18-14)12-8-3-4-9-13(12)17/h3-4,8-11,14-15,18H,5-7H2,1-2H3. The van der Waals surface area contributed by atoms with Gasteiger partial charge in [0.25, 0.3) is 0 Å². The van der Waals surface area contributed by atoms with E-state index in [0.717, 1.165) is 19.3 Å². The second-order valence-corrected chi connectivity index (χ2v) is 6.14. The highest BCUT2D eigenvalue weighted by Crippen LogP contribution is 2.37. The number of benzene rings is 1. The highest BCUT2D eigenvalue weighted by molar-refractivity contribution is 5.85. The Morgan fingerprint density at radius 1 is 1.30 bits per heavy atom. The van der Waals surface area contributed by atoms with Gasteiger partial charge in [0.05, 0.1) is 6.04 Å². The third-order valence-electron chi connectivity index (χ3n) is 4.47. The van der Waals surface area contributed by atoms with E-state index in [1.54, 1.807) is 12.1 Å². The van der Waals surface area contributed by atoms with Crippen molar-refractivity contribution in [1.82, 2.24) is 10.2 Å². The molecule has 1 aromatic rings. The van der Waals surface area contributed by atoms with Gasteiger partial charge in [-0.3, -0.25) is 10.1 Å². The van der Waals surface area contributed by atoms with Crippen LogP contribution in [-0.2, 0) is 4.79 Å². The van der Waals surface area contributed by atoms with E-state index >= 15 is 0 Å². The van der Waals surface area contributed by atoms with Crippen molar-refractivity contribution >= 4 is 5.91 Å². The second kappa shape index (κ2) is 5.17. The number of nitrogens with one attached hydrogen (secondary N) is 1. The summed E-state index contributed by atoms with van der Waals surface area (Å²) in [7, 11) is 0. The Kier molecular flexibility index (Phi) is 3.50. The highest BCUT2D eigenvalue weighted by Gasteiger charge is 2.46. The van der Waals surface area contributed by atoms with E-state index in [2.05, 4.69) is 5.32 Å². The van der Waals surface area contributed by atoms with E-state index in [0.29, 0.717) is 5.56 Å². The van der Waals surface area contributed by atoms with Gasteiger partial charge in [-0.15, -0.1) is 0 Å². The van der Waals surface area contributed by atoms with E-state index in [1.807, 2.05) is 24.8 Å². The summed E-state index contributed by atoms with van der Waals surface area (Å²) in [4.78, 5) is 14.5. The molecule has 1 N–H and O–H groups in total. The van der Waals surface area contributed by atoms with Gasteiger partial charge in [0.1, 0.15) is 12.0 Å². The van der Waals surface area contributed by atoms with Crippen LogP contribution in [0.1, 0.15) is 44.8 Å². The van der Waals surface area contributed by atoms with Crippen molar-refractivity contribution in [3.8, 4) is 0 Å². The molecule has 108 valence electrons. The minimum absolute atomic E-state index is 0.123. The Hall–Kier alpha value is -1.42. The monoisotopic (exact) mass is 276 g/mol. The Morgan fingerprint density at radius 3 is 2.55 bits per heavy atom. The second-order valence-electron chi connectivity index (χ2n) is 6.14. The molecule has 2 atom stereocenters. The molecule has 2 unspecified atom stereocenters. The van der Waals surface area contributed by atoms with Crippen LogP contribution in [-0.4, -0.2) is 22.9 Å². The number of halogens is 1. The van der Waals surface area contributed by atoms with E-state index in [1.165, 1.54) is 6.07 Å². The van der Waals surface area contributed by atoms with Crippen molar-refractivity contribution in [2.45, 2.75) is 51.4 Å². The van der Waals surface area contributed by atoms with E-state index < -0.39 is 0 Å². The van der Waals surface area contributed by atoms with Crippen molar-refractivity contribution in [3.05, 3.63) is 35.6 Å². The van der Waals surface area contributed by atoms with Gasteiger partial charge in [0, 0.05) is 11.6 Å². The molecule has 1 amide bonds. The summed E-state index contributed by atoms with van der Waals surface area (Å²) in [6.07, 6.45) is 2.90. The number of carbonyl (C=O) groups excluding carboxylic acids is 1. The molecule has 3 nitrogen and oxygen atoms in total. The maximum Gasteiger partial charge on any atom is 0.241 e. The molecule has 1 saturated carbocycles. The maximum absolute atomic E-state index is 14.1.